The van der Waals surface area contributed by atoms with Crippen LogP contribution in [0.1, 0.15) is 33.0 Å². The van der Waals surface area contributed by atoms with E-state index in [1.165, 1.54) is 20.0 Å². The van der Waals surface area contributed by atoms with Gasteiger partial charge in [0.15, 0.2) is 0 Å². The van der Waals surface area contributed by atoms with Gasteiger partial charge in [0.25, 0.3) is 0 Å². The average molecular weight is 507 g/mol. The summed E-state index contributed by atoms with van der Waals surface area (Å²) in [6.45, 7) is -4.15. The second-order valence-electron chi connectivity index (χ2n) is 8.14. The molecule has 0 bridgehead atoms. The van der Waals surface area contributed by atoms with E-state index in [4.69, 9.17) is 4.74 Å². The number of hydrogen-bond donors (Lipinski definition) is 0. The fourth-order valence-electron chi connectivity index (χ4n) is 4.43. The second kappa shape index (κ2) is 10.9. The number of nitrogens with zero attached hydrogens (tertiary/aromatic N) is 1. The molecule has 1 aliphatic carbocycles. The number of fused-ring (bicyclic) bond motifs is 3. The van der Waals surface area contributed by atoms with Crippen LogP contribution in [-0.4, -0.2) is 39.8 Å². The predicted octanol–water partition coefficient (Wildman–Crippen LogP) is 2.23. The summed E-state index contributed by atoms with van der Waals surface area (Å²) in [7, 11) is 2.39. The first-order valence-corrected chi connectivity index (χ1v) is 10.6. The van der Waals surface area contributed by atoms with Gasteiger partial charge in [-0.1, -0.05) is 60.2 Å². The van der Waals surface area contributed by atoms with Gasteiger partial charge in [-0.2, -0.15) is 0 Å². The Bertz CT molecular complexity index is 1240. The summed E-state index contributed by atoms with van der Waals surface area (Å²) >= 11 is 0. The van der Waals surface area contributed by atoms with Crippen LogP contribution < -0.4 is 61.7 Å². The molecule has 0 aromatic heterocycles. The van der Waals surface area contributed by atoms with Gasteiger partial charge in [0.05, 0.1) is 12.7 Å². The number of benzene rings is 3. The van der Waals surface area contributed by atoms with Crippen LogP contribution in [0, 0.1) is 6.92 Å². The maximum absolute atomic E-state index is 13.7. The average Bonchev–Trinajstić information content (AvgIpc) is 3.14. The number of halogens is 3. The van der Waals surface area contributed by atoms with Crippen LogP contribution in [0.4, 0.5) is 23.4 Å². The second-order valence-corrected chi connectivity index (χ2v) is 8.14. The predicted molar refractivity (Wildman–Crippen MR) is 125 cm³/mol. The Morgan fingerprint density at radius 3 is 2.03 bits per heavy atom. The van der Waals surface area contributed by atoms with Crippen LogP contribution in [0.5, 0.6) is 0 Å². The van der Waals surface area contributed by atoms with Gasteiger partial charge < -0.3 is 22.4 Å². The first kappa shape index (κ1) is 27.5. The summed E-state index contributed by atoms with van der Waals surface area (Å²) in [6.07, 6.45) is -0.826. The van der Waals surface area contributed by atoms with E-state index < -0.39 is 24.5 Å². The van der Waals surface area contributed by atoms with Crippen molar-refractivity contribution in [2.45, 2.75) is 12.8 Å². The topological polar surface area (TPSA) is 55.8 Å². The van der Waals surface area contributed by atoms with Crippen molar-refractivity contribution in [3.8, 4) is 11.1 Å². The molecular weight excluding hydrogens is 485 g/mol. The minimum Gasteiger partial charge on any atom is -0.465 e. The molecule has 0 radical (unpaired) electrons. The van der Waals surface area contributed by atoms with Crippen LogP contribution in [0.3, 0.4) is 0 Å². The normalized spacial score (nSPS) is 12.3. The maximum atomic E-state index is 13.7. The van der Waals surface area contributed by atoms with Gasteiger partial charge in [0, 0.05) is 18.7 Å². The Morgan fingerprint density at radius 1 is 0.971 bits per heavy atom. The molecule has 0 saturated heterocycles. The van der Waals surface area contributed by atoms with Crippen molar-refractivity contribution in [2.24, 2.45) is 0 Å². The molecule has 1 amide bonds. The van der Waals surface area contributed by atoms with Crippen molar-refractivity contribution in [2.75, 3.05) is 25.7 Å². The zero-order valence-electron chi connectivity index (χ0n) is 19.8. The summed E-state index contributed by atoms with van der Waals surface area (Å²) in [5.74, 6) is -1.12. The number of amides is 1. The summed E-state index contributed by atoms with van der Waals surface area (Å²) in [4.78, 5) is 25.9. The first-order chi connectivity index (χ1) is 16.1. The van der Waals surface area contributed by atoms with Gasteiger partial charge in [-0.25, -0.2) is 9.59 Å². The number of anilines is 1. The number of rotatable bonds is 5. The van der Waals surface area contributed by atoms with Crippen molar-refractivity contribution in [1.29, 1.82) is 0 Å². The Balaban J connectivity index is 0.00000342. The minimum absolute atomic E-state index is 0. The molecule has 3 aromatic carbocycles. The molecule has 176 valence electrons. The third-order valence-corrected chi connectivity index (χ3v) is 6.17. The van der Waals surface area contributed by atoms with Gasteiger partial charge in [0.1, 0.15) is 6.61 Å². The zero-order valence-corrected chi connectivity index (χ0v) is 23.0. The molecule has 0 N–H and O–H groups in total. The largest absolute Gasteiger partial charge is 1.00 e. The van der Waals surface area contributed by atoms with Crippen LogP contribution in [0.25, 0.3) is 11.1 Å². The van der Waals surface area contributed by atoms with Crippen LogP contribution in [0.15, 0.2) is 60.7 Å². The molecule has 0 atom stereocenters. The Kier molecular flexibility index (Phi) is 8.54. The van der Waals surface area contributed by atoms with Crippen LogP contribution in [0.2, 0.25) is 0 Å². The fraction of sp³-hybridized carbons (Fsp3) is 0.200. The number of hydrogen-bond acceptors (Lipinski definition) is 4. The van der Waals surface area contributed by atoms with Gasteiger partial charge in [-0.3, -0.25) is 4.90 Å². The van der Waals surface area contributed by atoms with Gasteiger partial charge >= 0.3 is 70.4 Å². The van der Waals surface area contributed by atoms with Crippen molar-refractivity contribution >= 4 is 30.2 Å². The van der Waals surface area contributed by atoms with Crippen molar-refractivity contribution in [3.05, 3.63) is 82.9 Å². The number of carbonyl (C=O) groups excluding carboxylic acids is 2. The minimum atomic E-state index is -5.42. The molecule has 0 aliphatic heterocycles. The first-order valence-electron chi connectivity index (χ1n) is 10.6. The van der Waals surface area contributed by atoms with E-state index in [0.29, 0.717) is 0 Å². The molecule has 0 fully saturated rings. The van der Waals surface area contributed by atoms with Gasteiger partial charge in [-0.15, -0.1) is 5.46 Å². The van der Waals surface area contributed by atoms with E-state index >= 15 is 0 Å². The van der Waals surface area contributed by atoms with E-state index in [2.05, 4.69) is 4.74 Å². The number of methoxy groups -OCH3 is 1. The molecule has 0 saturated carbocycles. The van der Waals surface area contributed by atoms with E-state index in [1.54, 1.807) is 0 Å². The number of carbonyl (C=O) groups is 2. The molecule has 0 unspecified atom stereocenters. The van der Waals surface area contributed by atoms with E-state index in [-0.39, 0.29) is 80.7 Å². The molecule has 10 heteroatoms. The summed E-state index contributed by atoms with van der Waals surface area (Å²) in [5.41, 5.74) is 2.66. The number of ether oxygens (including phenoxy) is 2. The van der Waals surface area contributed by atoms with Crippen LogP contribution in [-0.2, 0) is 9.47 Å². The third-order valence-electron chi connectivity index (χ3n) is 6.17. The zero-order chi connectivity index (χ0) is 24.6. The molecule has 5 nitrogen and oxygen atoms in total. The Morgan fingerprint density at radius 2 is 1.51 bits per heavy atom. The summed E-state index contributed by atoms with van der Waals surface area (Å²) < 4.78 is 51.1. The van der Waals surface area contributed by atoms with Gasteiger partial charge in [0.2, 0.25) is 0 Å². The molecule has 35 heavy (non-hydrogen) atoms. The summed E-state index contributed by atoms with van der Waals surface area (Å²) in [6, 6.07) is 17.6. The standard InChI is InChI=1S/C25H22BF3NO4.K/c1-15-22(26(27,28)29)12-16(24(31)33-3)13-23(15)30(2)25(32)34-14-21-19-10-6-4-8-17(19)18-9-5-7-11-20(18)21;/h4-13,21H,14H2,1-3H3;/q-1;+1. The molecule has 0 spiro atoms. The summed E-state index contributed by atoms with van der Waals surface area (Å²) in [5, 5.41) is 0. The monoisotopic (exact) mass is 507 g/mol. The van der Waals surface area contributed by atoms with Gasteiger partial charge in [-0.05, 0) is 35.2 Å². The molecule has 4 rings (SSSR count). The molecule has 3 aromatic rings. The fourth-order valence-corrected chi connectivity index (χ4v) is 4.43. The van der Waals surface area contributed by atoms with E-state index in [0.717, 1.165) is 40.3 Å². The van der Waals surface area contributed by atoms with Crippen molar-refractivity contribution < 1.29 is 83.4 Å². The van der Waals surface area contributed by atoms with E-state index in [1.807, 2.05) is 48.5 Å². The van der Waals surface area contributed by atoms with E-state index in [9.17, 15) is 22.5 Å². The quantitative estimate of drug-likeness (QED) is 0.393. The maximum Gasteiger partial charge on any atom is 1.00 e. The molecule has 1 aliphatic rings. The Labute approximate surface area is 244 Å². The van der Waals surface area contributed by atoms with Crippen LogP contribution >= 0.6 is 0 Å². The van der Waals surface area contributed by atoms with Crippen molar-refractivity contribution in [3.63, 3.8) is 0 Å². The number of esters is 1. The Hall–Kier alpha value is -2.11. The smallest absolute Gasteiger partial charge is 0.465 e. The molecule has 0 heterocycles. The van der Waals surface area contributed by atoms with Crippen molar-refractivity contribution in [1.82, 2.24) is 0 Å². The SMILES string of the molecule is COC(=O)c1cc(N(C)C(=O)OCC2c3ccccc3-c3ccccc32)c(C)c([B-](F)(F)F)c1.[K+]. The molecular formula is C25H22BF3KNO4. The third kappa shape index (κ3) is 5.36.